The summed E-state index contributed by atoms with van der Waals surface area (Å²) >= 11 is 12.4. The summed E-state index contributed by atoms with van der Waals surface area (Å²) in [5.41, 5.74) is 6.41. The Balaban J connectivity index is 2.04. The maximum absolute atomic E-state index is 6.19. The Bertz CT molecular complexity index is 805. The van der Waals surface area contributed by atoms with Crippen LogP contribution in [0.2, 0.25) is 10.0 Å². The highest BCUT2D eigenvalue weighted by Gasteiger charge is 2.10. The van der Waals surface area contributed by atoms with E-state index in [1.165, 1.54) is 0 Å². The molecular formula is C16H12Cl2N2O. The molecule has 0 aliphatic carbocycles. The Morgan fingerprint density at radius 1 is 1.00 bits per heavy atom. The fourth-order valence-corrected chi connectivity index (χ4v) is 2.53. The number of benzene rings is 2. The first kappa shape index (κ1) is 14.1. The van der Waals surface area contributed by atoms with E-state index >= 15 is 0 Å². The van der Waals surface area contributed by atoms with Gasteiger partial charge in [-0.25, -0.2) is 4.98 Å². The molecule has 2 N–H and O–H groups in total. The molecule has 0 saturated heterocycles. The summed E-state index contributed by atoms with van der Waals surface area (Å²) < 4.78 is 5.83. The Hall–Kier alpha value is -1.81. The minimum atomic E-state index is 0.348. The van der Waals surface area contributed by atoms with Crippen LogP contribution in [0.25, 0.3) is 10.8 Å². The highest BCUT2D eigenvalue weighted by Crippen LogP contribution is 2.35. The van der Waals surface area contributed by atoms with Gasteiger partial charge < -0.3 is 10.5 Å². The van der Waals surface area contributed by atoms with E-state index in [0.29, 0.717) is 28.2 Å². The molecule has 3 aromatic rings. The molecule has 0 aliphatic heterocycles. The SMILES string of the molecule is NCc1cnc(Oc2ccc(Cl)c3ccccc23)c(Cl)c1. The first-order valence-electron chi connectivity index (χ1n) is 6.38. The van der Waals surface area contributed by atoms with Gasteiger partial charge >= 0.3 is 0 Å². The average Bonchev–Trinajstić information content (AvgIpc) is 2.52. The molecule has 0 atom stereocenters. The number of rotatable bonds is 3. The Morgan fingerprint density at radius 2 is 1.76 bits per heavy atom. The number of fused-ring (bicyclic) bond motifs is 1. The van der Waals surface area contributed by atoms with Gasteiger partial charge in [0.15, 0.2) is 0 Å². The number of hydrogen-bond donors (Lipinski definition) is 1. The molecular weight excluding hydrogens is 307 g/mol. The van der Waals surface area contributed by atoms with E-state index in [-0.39, 0.29) is 0 Å². The topological polar surface area (TPSA) is 48.1 Å². The maximum Gasteiger partial charge on any atom is 0.238 e. The first-order valence-corrected chi connectivity index (χ1v) is 7.14. The molecule has 1 aromatic heterocycles. The third-order valence-electron chi connectivity index (χ3n) is 3.14. The second kappa shape index (κ2) is 5.90. The number of pyridine rings is 1. The molecule has 0 unspecified atom stereocenters. The average molecular weight is 319 g/mol. The van der Waals surface area contributed by atoms with Crippen molar-refractivity contribution in [1.82, 2.24) is 4.98 Å². The van der Waals surface area contributed by atoms with Crippen LogP contribution in [0.3, 0.4) is 0 Å². The van der Waals surface area contributed by atoms with E-state index in [9.17, 15) is 0 Å². The molecule has 1 heterocycles. The summed E-state index contributed by atoms with van der Waals surface area (Å²) in [6.45, 7) is 0.386. The maximum atomic E-state index is 6.19. The summed E-state index contributed by atoms with van der Waals surface area (Å²) in [5.74, 6) is 1.01. The van der Waals surface area contributed by atoms with E-state index in [1.54, 1.807) is 24.4 Å². The van der Waals surface area contributed by atoms with Gasteiger partial charge in [0.1, 0.15) is 10.8 Å². The smallest absolute Gasteiger partial charge is 0.238 e. The summed E-state index contributed by atoms with van der Waals surface area (Å²) in [7, 11) is 0. The van der Waals surface area contributed by atoms with Gasteiger partial charge in [-0.2, -0.15) is 0 Å². The second-order valence-electron chi connectivity index (χ2n) is 4.53. The van der Waals surface area contributed by atoms with Gasteiger partial charge in [-0.15, -0.1) is 0 Å². The van der Waals surface area contributed by atoms with Crippen LogP contribution in [0.5, 0.6) is 11.6 Å². The van der Waals surface area contributed by atoms with E-state index in [1.807, 2.05) is 24.3 Å². The molecule has 3 rings (SSSR count). The van der Waals surface area contributed by atoms with Crippen LogP contribution in [-0.4, -0.2) is 4.98 Å². The van der Waals surface area contributed by atoms with Crippen molar-refractivity contribution in [2.75, 3.05) is 0 Å². The summed E-state index contributed by atoms with van der Waals surface area (Å²) in [5, 5.41) is 2.93. The molecule has 0 saturated carbocycles. The van der Waals surface area contributed by atoms with E-state index < -0.39 is 0 Å². The van der Waals surface area contributed by atoms with Crippen molar-refractivity contribution in [3.05, 3.63) is 64.3 Å². The lowest BCUT2D eigenvalue weighted by molar-refractivity contribution is 0.468. The van der Waals surface area contributed by atoms with E-state index in [4.69, 9.17) is 33.7 Å². The van der Waals surface area contributed by atoms with Gasteiger partial charge in [-0.3, -0.25) is 0 Å². The van der Waals surface area contributed by atoms with Gasteiger partial charge in [0, 0.05) is 28.5 Å². The van der Waals surface area contributed by atoms with Gasteiger partial charge in [0.25, 0.3) is 0 Å². The van der Waals surface area contributed by atoms with Crippen molar-refractivity contribution in [2.24, 2.45) is 5.73 Å². The molecule has 0 radical (unpaired) electrons. The monoisotopic (exact) mass is 318 g/mol. The van der Waals surface area contributed by atoms with Crippen molar-refractivity contribution >= 4 is 34.0 Å². The highest BCUT2D eigenvalue weighted by atomic mass is 35.5. The van der Waals surface area contributed by atoms with Gasteiger partial charge in [-0.05, 0) is 23.8 Å². The van der Waals surface area contributed by atoms with E-state index in [2.05, 4.69) is 4.98 Å². The fraction of sp³-hybridized carbons (Fsp3) is 0.0625. The molecule has 0 aliphatic rings. The lowest BCUT2D eigenvalue weighted by Crippen LogP contribution is -1.98. The van der Waals surface area contributed by atoms with Crippen LogP contribution >= 0.6 is 23.2 Å². The molecule has 0 spiro atoms. The molecule has 3 nitrogen and oxygen atoms in total. The molecule has 5 heteroatoms. The zero-order chi connectivity index (χ0) is 14.8. The zero-order valence-corrected chi connectivity index (χ0v) is 12.5. The second-order valence-corrected chi connectivity index (χ2v) is 5.34. The number of ether oxygens (including phenoxy) is 1. The standard InChI is InChI=1S/C16H12Cl2N2O/c17-13-5-6-15(12-4-2-1-3-11(12)13)21-16-14(18)7-10(8-19)9-20-16/h1-7,9H,8,19H2. The largest absolute Gasteiger partial charge is 0.437 e. The third-order valence-corrected chi connectivity index (χ3v) is 3.74. The Kier molecular flexibility index (Phi) is 3.97. The Labute approximate surface area is 132 Å². The summed E-state index contributed by atoms with van der Waals surface area (Å²) in [6.07, 6.45) is 1.65. The molecule has 0 fully saturated rings. The van der Waals surface area contributed by atoms with Gasteiger partial charge in [0.2, 0.25) is 5.88 Å². The zero-order valence-electron chi connectivity index (χ0n) is 11.0. The third kappa shape index (κ3) is 2.81. The van der Waals surface area contributed by atoms with Crippen LogP contribution in [-0.2, 0) is 6.54 Å². The van der Waals surface area contributed by atoms with Crippen LogP contribution in [0, 0.1) is 0 Å². The quantitative estimate of drug-likeness (QED) is 0.755. The molecule has 21 heavy (non-hydrogen) atoms. The fourth-order valence-electron chi connectivity index (χ4n) is 2.08. The van der Waals surface area contributed by atoms with Crippen molar-refractivity contribution in [2.45, 2.75) is 6.54 Å². The Morgan fingerprint density at radius 3 is 2.48 bits per heavy atom. The lowest BCUT2D eigenvalue weighted by Gasteiger charge is -2.11. The molecule has 106 valence electrons. The molecule has 0 bridgehead atoms. The normalized spacial score (nSPS) is 10.8. The first-order chi connectivity index (χ1) is 10.2. The minimum Gasteiger partial charge on any atom is -0.437 e. The molecule has 0 amide bonds. The van der Waals surface area contributed by atoms with Crippen LogP contribution < -0.4 is 10.5 Å². The van der Waals surface area contributed by atoms with Crippen molar-refractivity contribution in [1.29, 1.82) is 0 Å². The van der Waals surface area contributed by atoms with Crippen molar-refractivity contribution < 1.29 is 4.74 Å². The predicted octanol–water partition coefficient (Wildman–Crippen LogP) is 4.79. The summed E-state index contributed by atoms with van der Waals surface area (Å²) in [6, 6.07) is 13.1. The number of nitrogens with zero attached hydrogens (tertiary/aromatic N) is 1. The van der Waals surface area contributed by atoms with Gasteiger partial charge in [-0.1, -0.05) is 47.5 Å². The summed E-state index contributed by atoms with van der Waals surface area (Å²) in [4.78, 5) is 4.21. The van der Waals surface area contributed by atoms with Crippen LogP contribution in [0.4, 0.5) is 0 Å². The number of halogens is 2. The number of aromatic nitrogens is 1. The van der Waals surface area contributed by atoms with Crippen LogP contribution in [0.1, 0.15) is 5.56 Å². The predicted molar refractivity (Wildman–Crippen MR) is 86.2 cm³/mol. The van der Waals surface area contributed by atoms with E-state index in [0.717, 1.165) is 16.3 Å². The number of hydrogen-bond acceptors (Lipinski definition) is 3. The van der Waals surface area contributed by atoms with Crippen molar-refractivity contribution in [3.8, 4) is 11.6 Å². The van der Waals surface area contributed by atoms with Crippen LogP contribution in [0.15, 0.2) is 48.7 Å². The highest BCUT2D eigenvalue weighted by molar-refractivity contribution is 6.35. The molecule has 2 aromatic carbocycles. The van der Waals surface area contributed by atoms with Crippen molar-refractivity contribution in [3.63, 3.8) is 0 Å². The lowest BCUT2D eigenvalue weighted by atomic mass is 10.1. The number of nitrogens with two attached hydrogens (primary N) is 1. The van der Waals surface area contributed by atoms with Gasteiger partial charge in [0.05, 0.1) is 0 Å². The minimum absolute atomic E-state index is 0.348.